The zero-order chi connectivity index (χ0) is 19.0. The summed E-state index contributed by atoms with van der Waals surface area (Å²) in [5.74, 6) is 0.0139. The molecule has 0 saturated carbocycles. The van der Waals surface area contributed by atoms with Crippen LogP contribution in [0.2, 0.25) is 0 Å². The van der Waals surface area contributed by atoms with E-state index in [1.165, 1.54) is 17.7 Å². The molecule has 0 unspecified atom stereocenters. The highest BCUT2D eigenvalue weighted by Crippen LogP contribution is 2.24. The van der Waals surface area contributed by atoms with Crippen molar-refractivity contribution in [3.05, 3.63) is 69.8 Å². The maximum atomic E-state index is 12.9. The third-order valence-corrected chi connectivity index (χ3v) is 5.24. The molecule has 0 radical (unpaired) electrons. The quantitative estimate of drug-likeness (QED) is 0.758. The van der Waals surface area contributed by atoms with Gasteiger partial charge in [-0.15, -0.1) is 0 Å². The number of nitrogens with zero attached hydrogens (tertiary/aromatic N) is 4. The van der Waals surface area contributed by atoms with Crippen LogP contribution in [0, 0.1) is 13.8 Å². The minimum atomic E-state index is 0.0139. The van der Waals surface area contributed by atoms with Crippen LogP contribution >= 0.6 is 0 Å². The lowest BCUT2D eigenvalue weighted by atomic mass is 10.1. The number of fused-ring (bicyclic) bond motifs is 1. The Kier molecular flexibility index (Phi) is 4.56. The number of nitrogens with one attached hydrogen (secondary N) is 1. The molecule has 1 aromatic carbocycles. The number of hydrogen-bond donors (Lipinski definition) is 1. The fourth-order valence-electron chi connectivity index (χ4n) is 3.85. The van der Waals surface area contributed by atoms with Crippen LogP contribution in [0.15, 0.2) is 30.3 Å². The molecule has 0 saturated heterocycles. The molecule has 0 bridgehead atoms. The molecule has 4 rings (SSSR count). The zero-order valence-electron chi connectivity index (χ0n) is 16.1. The molecule has 1 aliphatic rings. The average molecular weight is 363 g/mol. The number of hydrogen-bond acceptors (Lipinski definition) is 3. The Bertz CT molecular complexity index is 984. The standard InChI is InChI=1S/C21H25N5O/c1-14-10-15(2)26(24-14)12-16-6-4-7-17(11-16)21(27)25(3)13-20-18-8-5-9-19(18)22-23-20/h4,6-7,10-11H,5,8-9,12-13H2,1-3H3,(H,22,23). The van der Waals surface area contributed by atoms with Gasteiger partial charge in [-0.1, -0.05) is 12.1 Å². The summed E-state index contributed by atoms with van der Waals surface area (Å²) in [5.41, 5.74) is 7.42. The molecule has 1 aliphatic carbocycles. The third kappa shape index (κ3) is 3.52. The molecule has 0 atom stereocenters. The highest BCUT2D eigenvalue weighted by molar-refractivity contribution is 5.94. The Morgan fingerprint density at radius 3 is 2.89 bits per heavy atom. The van der Waals surface area contributed by atoms with E-state index < -0.39 is 0 Å². The Balaban J connectivity index is 1.49. The van der Waals surface area contributed by atoms with Crippen molar-refractivity contribution >= 4 is 5.91 Å². The van der Waals surface area contributed by atoms with E-state index in [-0.39, 0.29) is 5.91 Å². The Labute approximate surface area is 159 Å². The Hall–Kier alpha value is -2.89. The molecular formula is C21H25N5O. The number of carbonyl (C=O) groups is 1. The van der Waals surface area contributed by atoms with Crippen LogP contribution in [-0.4, -0.2) is 37.8 Å². The van der Waals surface area contributed by atoms with Gasteiger partial charge >= 0.3 is 0 Å². The predicted molar refractivity (Wildman–Crippen MR) is 104 cm³/mol. The summed E-state index contributed by atoms with van der Waals surface area (Å²) in [4.78, 5) is 14.7. The van der Waals surface area contributed by atoms with E-state index in [1.807, 2.05) is 49.8 Å². The fraction of sp³-hybridized carbons (Fsp3) is 0.381. The van der Waals surface area contributed by atoms with E-state index in [2.05, 4.69) is 21.4 Å². The maximum absolute atomic E-state index is 12.9. The van der Waals surface area contributed by atoms with Gasteiger partial charge in [-0.25, -0.2) is 0 Å². The SMILES string of the molecule is Cc1cc(C)n(Cc2cccc(C(=O)N(C)Cc3n[nH]c4c3CCC4)c2)n1. The first-order chi connectivity index (χ1) is 13.0. The van der Waals surface area contributed by atoms with Crippen molar-refractivity contribution in [3.8, 4) is 0 Å². The van der Waals surface area contributed by atoms with Crippen molar-refractivity contribution in [3.63, 3.8) is 0 Å². The summed E-state index contributed by atoms with van der Waals surface area (Å²) in [6, 6.07) is 9.87. The highest BCUT2D eigenvalue weighted by Gasteiger charge is 2.21. The van der Waals surface area contributed by atoms with E-state index in [4.69, 9.17) is 0 Å². The van der Waals surface area contributed by atoms with Gasteiger partial charge in [-0.2, -0.15) is 10.2 Å². The molecule has 1 N–H and O–H groups in total. The molecule has 0 aliphatic heterocycles. The molecule has 27 heavy (non-hydrogen) atoms. The maximum Gasteiger partial charge on any atom is 0.253 e. The van der Waals surface area contributed by atoms with Crippen molar-refractivity contribution < 1.29 is 4.79 Å². The third-order valence-electron chi connectivity index (χ3n) is 5.24. The number of aromatic nitrogens is 4. The van der Waals surface area contributed by atoms with Gasteiger partial charge in [0.15, 0.2) is 0 Å². The van der Waals surface area contributed by atoms with Gasteiger partial charge < -0.3 is 4.90 Å². The topological polar surface area (TPSA) is 66.8 Å². The molecule has 0 spiro atoms. The first-order valence-corrected chi connectivity index (χ1v) is 9.41. The number of H-pyrrole nitrogens is 1. The van der Waals surface area contributed by atoms with E-state index in [0.717, 1.165) is 35.5 Å². The van der Waals surface area contributed by atoms with Gasteiger partial charge in [0, 0.05) is 24.0 Å². The van der Waals surface area contributed by atoms with Crippen molar-refractivity contribution in [1.29, 1.82) is 0 Å². The molecule has 6 nitrogen and oxygen atoms in total. The highest BCUT2D eigenvalue weighted by atomic mass is 16.2. The number of aryl methyl sites for hydroxylation is 3. The largest absolute Gasteiger partial charge is 0.336 e. The summed E-state index contributed by atoms with van der Waals surface area (Å²) in [5, 5.41) is 12.0. The minimum absolute atomic E-state index is 0.0139. The lowest BCUT2D eigenvalue weighted by molar-refractivity contribution is 0.0783. The lowest BCUT2D eigenvalue weighted by Crippen LogP contribution is -2.27. The van der Waals surface area contributed by atoms with Crippen LogP contribution < -0.4 is 0 Å². The van der Waals surface area contributed by atoms with Gasteiger partial charge in [0.25, 0.3) is 5.91 Å². The van der Waals surface area contributed by atoms with E-state index >= 15 is 0 Å². The van der Waals surface area contributed by atoms with Crippen LogP contribution in [0.25, 0.3) is 0 Å². The van der Waals surface area contributed by atoms with Crippen molar-refractivity contribution in [1.82, 2.24) is 24.9 Å². The zero-order valence-corrected chi connectivity index (χ0v) is 16.1. The molecule has 2 aromatic heterocycles. The van der Waals surface area contributed by atoms with Gasteiger partial charge in [-0.3, -0.25) is 14.6 Å². The van der Waals surface area contributed by atoms with Crippen molar-refractivity contribution in [2.45, 2.75) is 46.2 Å². The normalized spacial score (nSPS) is 13.0. The summed E-state index contributed by atoms with van der Waals surface area (Å²) in [7, 11) is 1.84. The predicted octanol–water partition coefficient (Wildman–Crippen LogP) is 3.03. The summed E-state index contributed by atoms with van der Waals surface area (Å²) < 4.78 is 1.97. The van der Waals surface area contributed by atoms with Gasteiger partial charge in [-0.05, 0) is 62.4 Å². The molecule has 6 heteroatoms. The molecule has 3 aromatic rings. The summed E-state index contributed by atoms with van der Waals surface area (Å²) in [6.45, 7) is 5.24. The second kappa shape index (κ2) is 7.02. The number of rotatable bonds is 5. The minimum Gasteiger partial charge on any atom is -0.336 e. The van der Waals surface area contributed by atoms with Gasteiger partial charge in [0.1, 0.15) is 0 Å². The van der Waals surface area contributed by atoms with Crippen LogP contribution in [0.3, 0.4) is 0 Å². The fourth-order valence-corrected chi connectivity index (χ4v) is 3.85. The van der Waals surface area contributed by atoms with Crippen LogP contribution in [0.1, 0.15) is 50.7 Å². The lowest BCUT2D eigenvalue weighted by Gasteiger charge is -2.17. The summed E-state index contributed by atoms with van der Waals surface area (Å²) >= 11 is 0. The average Bonchev–Trinajstić information content (AvgIpc) is 3.33. The van der Waals surface area contributed by atoms with Crippen LogP contribution in [0.4, 0.5) is 0 Å². The van der Waals surface area contributed by atoms with E-state index in [9.17, 15) is 4.79 Å². The molecule has 2 heterocycles. The number of benzene rings is 1. The van der Waals surface area contributed by atoms with Crippen molar-refractivity contribution in [2.24, 2.45) is 0 Å². The number of amides is 1. The summed E-state index contributed by atoms with van der Waals surface area (Å²) in [6.07, 6.45) is 3.29. The number of aromatic amines is 1. The van der Waals surface area contributed by atoms with Gasteiger partial charge in [0.2, 0.25) is 0 Å². The van der Waals surface area contributed by atoms with Crippen molar-refractivity contribution in [2.75, 3.05) is 7.05 Å². The first-order valence-electron chi connectivity index (χ1n) is 9.41. The van der Waals surface area contributed by atoms with E-state index in [1.54, 1.807) is 4.90 Å². The van der Waals surface area contributed by atoms with Gasteiger partial charge in [0.05, 0.1) is 24.5 Å². The van der Waals surface area contributed by atoms with Crippen LogP contribution in [0.5, 0.6) is 0 Å². The number of carbonyl (C=O) groups excluding carboxylic acids is 1. The molecule has 1 amide bonds. The molecule has 0 fully saturated rings. The smallest absolute Gasteiger partial charge is 0.253 e. The second-order valence-electron chi connectivity index (χ2n) is 7.43. The van der Waals surface area contributed by atoms with Crippen LogP contribution in [-0.2, 0) is 25.9 Å². The Morgan fingerprint density at radius 2 is 2.11 bits per heavy atom. The second-order valence-corrected chi connectivity index (χ2v) is 7.43. The molecular weight excluding hydrogens is 338 g/mol. The molecule has 140 valence electrons. The Morgan fingerprint density at radius 1 is 1.26 bits per heavy atom. The monoisotopic (exact) mass is 363 g/mol. The first kappa shape index (κ1) is 17.5. The van der Waals surface area contributed by atoms with E-state index in [0.29, 0.717) is 18.7 Å².